The molecule has 6 aromatic rings. The zero-order valence-electron chi connectivity index (χ0n) is 20.3. The quantitative estimate of drug-likeness (QED) is 0.351. The van der Waals surface area contributed by atoms with Gasteiger partial charge in [0.15, 0.2) is 5.82 Å². The Bertz CT molecular complexity index is 1720. The Labute approximate surface area is 213 Å². The molecule has 0 aliphatic rings. The van der Waals surface area contributed by atoms with Crippen LogP contribution in [-0.2, 0) is 7.05 Å². The molecule has 1 amide bonds. The van der Waals surface area contributed by atoms with Crippen molar-refractivity contribution in [3.63, 3.8) is 0 Å². The summed E-state index contributed by atoms with van der Waals surface area (Å²) in [4.78, 5) is 22.6. The number of nitrogens with zero attached hydrogens (tertiary/aromatic N) is 6. The molecule has 0 radical (unpaired) electrons. The van der Waals surface area contributed by atoms with E-state index in [0.29, 0.717) is 22.8 Å². The number of rotatable bonds is 5. The Morgan fingerprint density at radius 1 is 0.865 bits per heavy atom. The molecule has 0 saturated carbocycles. The van der Waals surface area contributed by atoms with Crippen molar-refractivity contribution in [2.24, 2.45) is 7.05 Å². The highest BCUT2D eigenvalue weighted by atomic mass is 16.1. The first-order chi connectivity index (χ1) is 18.1. The van der Waals surface area contributed by atoms with Crippen LogP contribution in [-0.4, -0.2) is 35.4 Å². The number of benzene rings is 3. The Kier molecular flexibility index (Phi) is 5.54. The van der Waals surface area contributed by atoms with Crippen molar-refractivity contribution in [1.29, 1.82) is 0 Å². The van der Waals surface area contributed by atoms with Crippen molar-refractivity contribution >= 4 is 22.5 Å². The number of aryl methyl sites for hydroxylation is 2. The third-order valence-corrected chi connectivity index (χ3v) is 6.31. The largest absolute Gasteiger partial charge is 0.317 e. The average molecular weight is 486 g/mol. The molecule has 0 unspecified atom stereocenters. The Morgan fingerprint density at radius 3 is 2.32 bits per heavy atom. The van der Waals surface area contributed by atoms with Crippen LogP contribution in [0.2, 0.25) is 0 Å². The second kappa shape index (κ2) is 9.16. The number of hydrogen-bond donors (Lipinski definition) is 1. The fourth-order valence-electron chi connectivity index (χ4n) is 4.53. The summed E-state index contributed by atoms with van der Waals surface area (Å²) in [5.74, 6) is 0.372. The Balaban J connectivity index is 1.40. The van der Waals surface area contributed by atoms with Crippen LogP contribution < -0.4 is 5.32 Å². The molecule has 180 valence electrons. The van der Waals surface area contributed by atoms with E-state index in [0.717, 1.165) is 33.3 Å². The van der Waals surface area contributed by atoms with Crippen LogP contribution in [0.15, 0.2) is 97.6 Å². The number of amides is 1. The fourth-order valence-corrected chi connectivity index (χ4v) is 4.53. The van der Waals surface area contributed by atoms with Crippen molar-refractivity contribution in [2.75, 3.05) is 5.32 Å². The van der Waals surface area contributed by atoms with Gasteiger partial charge < -0.3 is 5.32 Å². The fraction of sp³-hybridized carbons (Fsp3) is 0.0690. The highest BCUT2D eigenvalue weighted by Crippen LogP contribution is 2.29. The number of nitrogens with one attached hydrogen (secondary N) is 1. The van der Waals surface area contributed by atoms with E-state index in [1.54, 1.807) is 22.7 Å². The molecule has 3 heterocycles. The normalized spacial score (nSPS) is 11.1. The molecular weight excluding hydrogens is 462 g/mol. The van der Waals surface area contributed by atoms with Gasteiger partial charge in [-0.1, -0.05) is 72.8 Å². The SMILES string of the molecule is Cc1nn(C)c(-n2cncn2)c1NC(=O)c1cc(-c2ccc(-c3ccccc3)cc2)nc2ccccc12. The smallest absolute Gasteiger partial charge is 0.256 e. The minimum absolute atomic E-state index is 0.252. The molecule has 1 N–H and O–H groups in total. The summed E-state index contributed by atoms with van der Waals surface area (Å²) in [5, 5.41) is 12.5. The Morgan fingerprint density at radius 2 is 1.57 bits per heavy atom. The van der Waals surface area contributed by atoms with Gasteiger partial charge in [0.25, 0.3) is 5.91 Å². The zero-order valence-corrected chi connectivity index (χ0v) is 20.3. The van der Waals surface area contributed by atoms with Gasteiger partial charge in [0.1, 0.15) is 18.3 Å². The molecule has 0 fully saturated rings. The van der Waals surface area contributed by atoms with Crippen LogP contribution in [0.1, 0.15) is 16.1 Å². The second-order valence-electron chi connectivity index (χ2n) is 8.72. The summed E-state index contributed by atoms with van der Waals surface area (Å²) in [7, 11) is 1.80. The van der Waals surface area contributed by atoms with Gasteiger partial charge in [0, 0.05) is 18.0 Å². The number of anilines is 1. The predicted molar refractivity (Wildman–Crippen MR) is 143 cm³/mol. The lowest BCUT2D eigenvalue weighted by Gasteiger charge is -2.12. The van der Waals surface area contributed by atoms with Crippen molar-refractivity contribution < 1.29 is 4.79 Å². The summed E-state index contributed by atoms with van der Waals surface area (Å²) < 4.78 is 3.25. The zero-order chi connectivity index (χ0) is 25.4. The molecule has 0 atom stereocenters. The lowest BCUT2D eigenvalue weighted by molar-refractivity contribution is 0.102. The number of hydrogen-bond acceptors (Lipinski definition) is 5. The van der Waals surface area contributed by atoms with E-state index in [4.69, 9.17) is 4.98 Å². The van der Waals surface area contributed by atoms with E-state index in [2.05, 4.69) is 44.8 Å². The summed E-state index contributed by atoms with van der Waals surface area (Å²) in [6.45, 7) is 1.85. The van der Waals surface area contributed by atoms with Crippen molar-refractivity contribution in [1.82, 2.24) is 29.5 Å². The minimum atomic E-state index is -0.252. The van der Waals surface area contributed by atoms with E-state index >= 15 is 0 Å². The number of carbonyl (C=O) groups is 1. The minimum Gasteiger partial charge on any atom is -0.317 e. The van der Waals surface area contributed by atoms with Crippen molar-refractivity contribution in [3.8, 4) is 28.2 Å². The topological polar surface area (TPSA) is 90.5 Å². The van der Waals surface area contributed by atoms with Crippen LogP contribution in [0.3, 0.4) is 0 Å². The third kappa shape index (κ3) is 4.14. The molecule has 8 heteroatoms. The van der Waals surface area contributed by atoms with Gasteiger partial charge in [0.2, 0.25) is 0 Å². The first-order valence-electron chi connectivity index (χ1n) is 11.8. The van der Waals surface area contributed by atoms with Gasteiger partial charge in [-0.25, -0.2) is 19.3 Å². The summed E-state index contributed by atoms with van der Waals surface area (Å²) in [6.07, 6.45) is 3.02. The molecular formula is C29H23N7O. The van der Waals surface area contributed by atoms with Gasteiger partial charge >= 0.3 is 0 Å². The highest BCUT2D eigenvalue weighted by Gasteiger charge is 2.21. The lowest BCUT2D eigenvalue weighted by Crippen LogP contribution is -2.16. The molecule has 0 aliphatic heterocycles. The maximum Gasteiger partial charge on any atom is 0.256 e. The average Bonchev–Trinajstić information content (AvgIpc) is 3.56. The maximum absolute atomic E-state index is 13.7. The Hall–Kier alpha value is -5.11. The first kappa shape index (κ1) is 22.4. The second-order valence-corrected chi connectivity index (χ2v) is 8.72. The van der Waals surface area contributed by atoms with Crippen LogP contribution >= 0.6 is 0 Å². The highest BCUT2D eigenvalue weighted by molar-refractivity contribution is 6.13. The molecule has 0 saturated heterocycles. The summed E-state index contributed by atoms with van der Waals surface area (Å²) in [6, 6.07) is 28.0. The van der Waals surface area contributed by atoms with Gasteiger partial charge in [-0.3, -0.25) is 4.79 Å². The number of pyridine rings is 1. The van der Waals surface area contributed by atoms with Gasteiger partial charge in [-0.05, 0) is 30.2 Å². The maximum atomic E-state index is 13.7. The van der Waals surface area contributed by atoms with Gasteiger partial charge in [-0.15, -0.1) is 0 Å². The van der Waals surface area contributed by atoms with Gasteiger partial charge in [0.05, 0.1) is 22.5 Å². The number of para-hydroxylation sites is 1. The molecule has 37 heavy (non-hydrogen) atoms. The predicted octanol–water partition coefficient (Wildman–Crippen LogP) is 5.44. The van der Waals surface area contributed by atoms with Crippen molar-refractivity contribution in [2.45, 2.75) is 6.92 Å². The lowest BCUT2D eigenvalue weighted by atomic mass is 10.0. The molecule has 3 aromatic heterocycles. The van der Waals surface area contributed by atoms with E-state index in [1.165, 1.54) is 6.33 Å². The standard InChI is InChI=1S/C29H23N7O/c1-19-27(29(35(2)34-19)36-18-30-17-31-36)33-28(37)24-16-26(32-25-11-7-6-10-23(24)25)22-14-12-21(13-15-22)20-8-4-3-5-9-20/h3-18H,1-2H3,(H,33,37). The molecule has 6 rings (SSSR count). The third-order valence-electron chi connectivity index (χ3n) is 6.31. The number of fused-ring (bicyclic) bond motifs is 1. The van der Waals surface area contributed by atoms with Crippen LogP contribution in [0.5, 0.6) is 0 Å². The van der Waals surface area contributed by atoms with Crippen molar-refractivity contribution in [3.05, 3.63) is 109 Å². The van der Waals surface area contributed by atoms with E-state index < -0.39 is 0 Å². The summed E-state index contributed by atoms with van der Waals surface area (Å²) in [5.41, 5.74) is 6.45. The number of aromatic nitrogens is 6. The van der Waals surface area contributed by atoms with Crippen LogP contribution in [0, 0.1) is 6.92 Å². The molecule has 0 aliphatic carbocycles. The van der Waals surface area contributed by atoms with Gasteiger partial charge in [-0.2, -0.15) is 10.2 Å². The van der Waals surface area contributed by atoms with Crippen LogP contribution in [0.25, 0.3) is 39.1 Å². The molecule has 0 spiro atoms. The van der Waals surface area contributed by atoms with Crippen LogP contribution in [0.4, 0.5) is 5.69 Å². The molecule has 0 bridgehead atoms. The molecule has 3 aromatic carbocycles. The first-order valence-corrected chi connectivity index (χ1v) is 11.8. The summed E-state index contributed by atoms with van der Waals surface area (Å²) >= 11 is 0. The monoisotopic (exact) mass is 485 g/mol. The van der Waals surface area contributed by atoms with E-state index in [1.807, 2.05) is 67.6 Å². The number of carbonyl (C=O) groups excluding carboxylic acids is 1. The molecule has 8 nitrogen and oxygen atoms in total. The van der Waals surface area contributed by atoms with E-state index in [-0.39, 0.29) is 5.91 Å². The van der Waals surface area contributed by atoms with E-state index in [9.17, 15) is 4.79 Å².